The molecule has 0 aliphatic heterocycles. The van der Waals surface area contributed by atoms with Crippen molar-refractivity contribution in [2.24, 2.45) is 5.92 Å². The van der Waals surface area contributed by atoms with Crippen LogP contribution in [0, 0.1) is 5.92 Å². The molecule has 0 saturated carbocycles. The van der Waals surface area contributed by atoms with Crippen LogP contribution in [0.15, 0.2) is 30.3 Å². The second-order valence-corrected chi connectivity index (χ2v) is 5.14. The zero-order valence-electron chi connectivity index (χ0n) is 12.4. The van der Waals surface area contributed by atoms with E-state index in [4.69, 9.17) is 9.47 Å². The van der Waals surface area contributed by atoms with Crippen LogP contribution in [0.3, 0.4) is 0 Å². The first-order valence-corrected chi connectivity index (χ1v) is 7.14. The van der Waals surface area contributed by atoms with Crippen molar-refractivity contribution in [2.45, 2.75) is 26.8 Å². The maximum atomic E-state index is 11.5. The van der Waals surface area contributed by atoms with Gasteiger partial charge in [-0.2, -0.15) is 0 Å². The van der Waals surface area contributed by atoms with E-state index in [0.29, 0.717) is 25.7 Å². The van der Waals surface area contributed by atoms with Gasteiger partial charge in [0.1, 0.15) is 6.61 Å². The largest absolute Gasteiger partial charge is 0.381 e. The molecule has 112 valence electrons. The zero-order valence-corrected chi connectivity index (χ0v) is 12.4. The Balaban J connectivity index is 1.95. The molecule has 1 amide bonds. The lowest BCUT2D eigenvalue weighted by Crippen LogP contribution is -2.27. The molecule has 0 aromatic heterocycles. The predicted molar refractivity (Wildman–Crippen MR) is 79.4 cm³/mol. The number of benzene rings is 1. The monoisotopic (exact) mass is 279 g/mol. The summed E-state index contributed by atoms with van der Waals surface area (Å²) in [6.45, 7) is 6.90. The van der Waals surface area contributed by atoms with Crippen molar-refractivity contribution in [3.8, 4) is 0 Å². The SMILES string of the molecule is CC(C)COCCCOCC(=O)NCc1ccccc1. The normalized spacial score (nSPS) is 10.8. The third-order valence-electron chi connectivity index (χ3n) is 2.59. The van der Waals surface area contributed by atoms with Gasteiger partial charge in [-0.05, 0) is 17.9 Å². The Kier molecular flexibility index (Phi) is 8.67. The van der Waals surface area contributed by atoms with Gasteiger partial charge in [0.25, 0.3) is 0 Å². The van der Waals surface area contributed by atoms with E-state index in [1.807, 2.05) is 30.3 Å². The molecule has 1 N–H and O–H groups in total. The highest BCUT2D eigenvalue weighted by molar-refractivity contribution is 5.77. The van der Waals surface area contributed by atoms with Gasteiger partial charge in [0.2, 0.25) is 5.91 Å². The minimum Gasteiger partial charge on any atom is -0.381 e. The van der Waals surface area contributed by atoms with Gasteiger partial charge in [0, 0.05) is 26.4 Å². The second kappa shape index (κ2) is 10.4. The van der Waals surface area contributed by atoms with Gasteiger partial charge in [-0.25, -0.2) is 0 Å². The van der Waals surface area contributed by atoms with Crippen LogP contribution >= 0.6 is 0 Å². The van der Waals surface area contributed by atoms with Crippen molar-refractivity contribution in [2.75, 3.05) is 26.4 Å². The Morgan fingerprint density at radius 3 is 2.55 bits per heavy atom. The second-order valence-electron chi connectivity index (χ2n) is 5.14. The van der Waals surface area contributed by atoms with E-state index in [1.165, 1.54) is 0 Å². The van der Waals surface area contributed by atoms with Crippen molar-refractivity contribution >= 4 is 5.91 Å². The summed E-state index contributed by atoms with van der Waals surface area (Å²) in [6, 6.07) is 9.82. The van der Waals surface area contributed by atoms with Crippen LogP contribution in [-0.4, -0.2) is 32.3 Å². The molecule has 20 heavy (non-hydrogen) atoms. The molecule has 0 saturated heterocycles. The van der Waals surface area contributed by atoms with E-state index in [1.54, 1.807) is 0 Å². The predicted octanol–water partition coefficient (Wildman–Crippen LogP) is 2.38. The van der Waals surface area contributed by atoms with E-state index in [0.717, 1.165) is 18.6 Å². The fraction of sp³-hybridized carbons (Fsp3) is 0.562. The van der Waals surface area contributed by atoms with Crippen LogP contribution < -0.4 is 5.32 Å². The molecular formula is C16H25NO3. The fourth-order valence-corrected chi connectivity index (χ4v) is 1.59. The number of hydrogen-bond acceptors (Lipinski definition) is 3. The summed E-state index contributed by atoms with van der Waals surface area (Å²) in [5, 5.41) is 2.82. The quantitative estimate of drug-likeness (QED) is 0.669. The van der Waals surface area contributed by atoms with Gasteiger partial charge < -0.3 is 14.8 Å². The maximum Gasteiger partial charge on any atom is 0.246 e. The molecule has 0 heterocycles. The number of hydrogen-bond donors (Lipinski definition) is 1. The number of nitrogens with one attached hydrogen (secondary N) is 1. The number of rotatable bonds is 10. The molecule has 1 aromatic rings. The molecule has 0 spiro atoms. The van der Waals surface area contributed by atoms with Crippen molar-refractivity contribution in [1.29, 1.82) is 0 Å². The van der Waals surface area contributed by atoms with Crippen molar-refractivity contribution < 1.29 is 14.3 Å². The molecule has 0 aliphatic rings. The van der Waals surface area contributed by atoms with E-state index in [2.05, 4.69) is 19.2 Å². The number of amides is 1. The first-order valence-electron chi connectivity index (χ1n) is 7.14. The molecule has 0 aliphatic carbocycles. The smallest absolute Gasteiger partial charge is 0.246 e. The molecule has 1 rings (SSSR count). The highest BCUT2D eigenvalue weighted by Gasteiger charge is 2.01. The summed E-state index contributed by atoms with van der Waals surface area (Å²) in [6.07, 6.45) is 0.818. The Bertz CT molecular complexity index is 365. The molecule has 0 unspecified atom stereocenters. The Morgan fingerprint density at radius 2 is 1.85 bits per heavy atom. The maximum absolute atomic E-state index is 11.5. The molecular weight excluding hydrogens is 254 g/mol. The van der Waals surface area contributed by atoms with E-state index in [-0.39, 0.29) is 12.5 Å². The minimum atomic E-state index is -0.0862. The van der Waals surface area contributed by atoms with Crippen molar-refractivity contribution in [1.82, 2.24) is 5.32 Å². The first-order chi connectivity index (χ1) is 9.68. The summed E-state index contributed by atoms with van der Waals surface area (Å²) in [7, 11) is 0. The number of carbonyl (C=O) groups excluding carboxylic acids is 1. The van der Waals surface area contributed by atoms with Crippen molar-refractivity contribution in [3.05, 3.63) is 35.9 Å². The van der Waals surface area contributed by atoms with Crippen molar-refractivity contribution in [3.63, 3.8) is 0 Å². The minimum absolute atomic E-state index is 0.0862. The summed E-state index contributed by atoms with van der Waals surface area (Å²) in [5.41, 5.74) is 1.09. The number of ether oxygens (including phenoxy) is 2. The molecule has 0 bridgehead atoms. The zero-order chi connectivity index (χ0) is 14.6. The average molecular weight is 279 g/mol. The van der Waals surface area contributed by atoms with E-state index in [9.17, 15) is 4.79 Å². The summed E-state index contributed by atoms with van der Waals surface area (Å²) in [5.74, 6) is 0.469. The highest BCUT2D eigenvalue weighted by Crippen LogP contribution is 1.97. The lowest BCUT2D eigenvalue weighted by Gasteiger charge is -2.08. The molecule has 4 heteroatoms. The lowest BCUT2D eigenvalue weighted by molar-refractivity contribution is -0.126. The van der Waals surface area contributed by atoms with Gasteiger partial charge in [0.15, 0.2) is 0 Å². The molecule has 1 aromatic carbocycles. The third kappa shape index (κ3) is 8.67. The summed E-state index contributed by atoms with van der Waals surface area (Å²) in [4.78, 5) is 11.5. The van der Waals surface area contributed by atoms with Crippen LogP contribution in [0.1, 0.15) is 25.8 Å². The van der Waals surface area contributed by atoms with Crippen LogP contribution in [0.4, 0.5) is 0 Å². The third-order valence-corrected chi connectivity index (χ3v) is 2.59. The van der Waals surface area contributed by atoms with Gasteiger partial charge in [-0.3, -0.25) is 4.79 Å². The molecule has 4 nitrogen and oxygen atoms in total. The van der Waals surface area contributed by atoms with E-state index < -0.39 is 0 Å². The number of carbonyl (C=O) groups is 1. The molecule has 0 fully saturated rings. The Labute approximate surface area is 121 Å². The van der Waals surface area contributed by atoms with Gasteiger partial charge in [-0.15, -0.1) is 0 Å². The topological polar surface area (TPSA) is 47.6 Å². The fourth-order valence-electron chi connectivity index (χ4n) is 1.59. The van der Waals surface area contributed by atoms with E-state index >= 15 is 0 Å². The standard InChI is InChI=1S/C16H25NO3/c1-14(2)12-19-9-6-10-20-13-16(18)17-11-15-7-4-3-5-8-15/h3-5,7-8,14H,6,9-13H2,1-2H3,(H,17,18). The first kappa shape index (κ1) is 16.7. The molecule has 0 atom stereocenters. The van der Waals surface area contributed by atoms with Crippen LogP contribution in [0.25, 0.3) is 0 Å². The molecule has 0 radical (unpaired) electrons. The highest BCUT2D eigenvalue weighted by atomic mass is 16.5. The Hall–Kier alpha value is -1.39. The van der Waals surface area contributed by atoms with Crippen LogP contribution in [-0.2, 0) is 20.8 Å². The summed E-state index contributed by atoms with van der Waals surface area (Å²) < 4.78 is 10.7. The van der Waals surface area contributed by atoms with Gasteiger partial charge >= 0.3 is 0 Å². The van der Waals surface area contributed by atoms with Crippen LogP contribution in [0.5, 0.6) is 0 Å². The van der Waals surface area contributed by atoms with Crippen LogP contribution in [0.2, 0.25) is 0 Å². The Morgan fingerprint density at radius 1 is 1.15 bits per heavy atom. The van der Waals surface area contributed by atoms with Gasteiger partial charge in [0.05, 0.1) is 0 Å². The lowest BCUT2D eigenvalue weighted by atomic mass is 10.2. The summed E-state index contributed by atoms with van der Waals surface area (Å²) >= 11 is 0. The average Bonchev–Trinajstić information content (AvgIpc) is 2.45. The van der Waals surface area contributed by atoms with Gasteiger partial charge in [-0.1, -0.05) is 44.2 Å².